The fraction of sp³-hybridized carbons (Fsp3) is 0. The Bertz CT molecular complexity index is 941. The van der Waals surface area contributed by atoms with E-state index in [0.717, 1.165) is 21.9 Å². The number of fused-ring (bicyclic) bond motifs is 2. The summed E-state index contributed by atoms with van der Waals surface area (Å²) in [6.45, 7) is 0. The molecule has 0 aliphatic carbocycles. The van der Waals surface area contributed by atoms with Crippen LogP contribution in [0.3, 0.4) is 0 Å². The largest absolute Gasteiger partial charge is 0.422 e. The number of nitrogens with two attached hydrogens (primary N) is 1. The van der Waals surface area contributed by atoms with Gasteiger partial charge in [-0.25, -0.2) is 4.79 Å². The molecule has 0 atom stereocenters. The summed E-state index contributed by atoms with van der Waals surface area (Å²) in [5, 5.41) is 2.08. The van der Waals surface area contributed by atoms with Crippen LogP contribution >= 0.6 is 0 Å². The Morgan fingerprint density at radius 2 is 1.59 bits per heavy atom. The Kier molecular flexibility index (Phi) is 2.73. The highest BCUT2D eigenvalue weighted by Gasteiger charge is 2.25. The van der Waals surface area contributed by atoms with E-state index in [4.69, 9.17) is 10.5 Å². The standard InChI is InChI=1S/C19H13NO2/c20-18-13(10-9-12-5-1-2-6-14(12)18)11-17-15-7-3-4-8-16(15)19(21)22-17/h1-11H,20H2/b17-11+. The molecule has 0 spiro atoms. The second kappa shape index (κ2) is 4.74. The maximum Gasteiger partial charge on any atom is 0.344 e. The lowest BCUT2D eigenvalue weighted by Gasteiger charge is -2.07. The number of hydrogen-bond acceptors (Lipinski definition) is 3. The number of ether oxygens (including phenoxy) is 1. The quantitative estimate of drug-likeness (QED) is 0.541. The highest BCUT2D eigenvalue weighted by molar-refractivity contribution is 6.07. The van der Waals surface area contributed by atoms with E-state index in [1.807, 2.05) is 60.7 Å². The van der Waals surface area contributed by atoms with Crippen LogP contribution in [0.25, 0.3) is 22.6 Å². The summed E-state index contributed by atoms with van der Waals surface area (Å²) in [6, 6.07) is 19.3. The number of rotatable bonds is 1. The molecule has 3 aromatic rings. The zero-order valence-corrected chi connectivity index (χ0v) is 11.7. The Morgan fingerprint density at radius 1 is 0.864 bits per heavy atom. The fourth-order valence-electron chi connectivity index (χ4n) is 2.77. The predicted molar refractivity (Wildman–Crippen MR) is 88.1 cm³/mol. The van der Waals surface area contributed by atoms with Crippen LogP contribution in [0.4, 0.5) is 5.69 Å². The summed E-state index contributed by atoms with van der Waals surface area (Å²) >= 11 is 0. The van der Waals surface area contributed by atoms with Gasteiger partial charge in [-0.2, -0.15) is 0 Å². The molecule has 2 N–H and O–H groups in total. The molecule has 4 rings (SSSR count). The van der Waals surface area contributed by atoms with E-state index < -0.39 is 0 Å². The molecular formula is C19H13NO2. The van der Waals surface area contributed by atoms with Crippen molar-refractivity contribution in [1.82, 2.24) is 0 Å². The average Bonchev–Trinajstić information content (AvgIpc) is 2.87. The molecule has 0 aromatic heterocycles. The zero-order chi connectivity index (χ0) is 15.1. The summed E-state index contributed by atoms with van der Waals surface area (Å²) in [4.78, 5) is 11.9. The van der Waals surface area contributed by atoms with E-state index in [2.05, 4.69) is 0 Å². The minimum atomic E-state index is -0.318. The van der Waals surface area contributed by atoms with Gasteiger partial charge in [0, 0.05) is 22.2 Å². The smallest absolute Gasteiger partial charge is 0.344 e. The molecule has 0 bridgehead atoms. The van der Waals surface area contributed by atoms with Gasteiger partial charge in [0.25, 0.3) is 0 Å². The number of nitrogen functional groups attached to an aromatic ring is 1. The Labute approximate surface area is 127 Å². The van der Waals surface area contributed by atoms with E-state index in [-0.39, 0.29) is 5.97 Å². The number of carbonyl (C=O) groups excluding carboxylic acids is 1. The van der Waals surface area contributed by atoms with Gasteiger partial charge in [-0.3, -0.25) is 0 Å². The van der Waals surface area contributed by atoms with Gasteiger partial charge in [0.1, 0.15) is 5.76 Å². The summed E-state index contributed by atoms with van der Waals surface area (Å²) in [5.41, 5.74) is 9.19. The highest BCUT2D eigenvalue weighted by atomic mass is 16.5. The van der Waals surface area contributed by atoms with Gasteiger partial charge in [0.05, 0.1) is 5.56 Å². The van der Waals surface area contributed by atoms with Crippen LogP contribution in [0.1, 0.15) is 21.5 Å². The average molecular weight is 287 g/mol. The van der Waals surface area contributed by atoms with Crippen LogP contribution in [0.2, 0.25) is 0 Å². The van der Waals surface area contributed by atoms with E-state index >= 15 is 0 Å². The molecule has 0 amide bonds. The first-order valence-corrected chi connectivity index (χ1v) is 7.04. The lowest BCUT2D eigenvalue weighted by atomic mass is 10.0. The monoisotopic (exact) mass is 287 g/mol. The first-order valence-electron chi connectivity index (χ1n) is 7.04. The lowest BCUT2D eigenvalue weighted by Crippen LogP contribution is -1.93. The summed E-state index contributed by atoms with van der Waals surface area (Å²) in [7, 11) is 0. The van der Waals surface area contributed by atoms with Crippen molar-refractivity contribution in [2.45, 2.75) is 0 Å². The van der Waals surface area contributed by atoms with Gasteiger partial charge in [0.2, 0.25) is 0 Å². The van der Waals surface area contributed by atoms with Crippen molar-refractivity contribution in [3.05, 3.63) is 77.4 Å². The van der Waals surface area contributed by atoms with Crippen LogP contribution in [0, 0.1) is 0 Å². The van der Waals surface area contributed by atoms with Gasteiger partial charge in [-0.05, 0) is 17.5 Å². The first kappa shape index (κ1) is 12.7. The highest BCUT2D eigenvalue weighted by Crippen LogP contribution is 2.33. The number of anilines is 1. The van der Waals surface area contributed by atoms with Gasteiger partial charge in [-0.1, -0.05) is 54.6 Å². The molecule has 1 aliphatic rings. The fourth-order valence-corrected chi connectivity index (χ4v) is 2.77. The molecule has 0 radical (unpaired) electrons. The molecule has 1 aliphatic heterocycles. The summed E-state index contributed by atoms with van der Waals surface area (Å²) in [6.07, 6.45) is 1.82. The van der Waals surface area contributed by atoms with Crippen LogP contribution in [0.15, 0.2) is 60.7 Å². The zero-order valence-electron chi connectivity index (χ0n) is 11.7. The van der Waals surface area contributed by atoms with Gasteiger partial charge in [-0.15, -0.1) is 0 Å². The van der Waals surface area contributed by atoms with Crippen LogP contribution in [0.5, 0.6) is 0 Å². The molecule has 1 heterocycles. The number of cyclic esters (lactones) is 1. The van der Waals surface area contributed by atoms with Crippen molar-refractivity contribution < 1.29 is 9.53 Å². The lowest BCUT2D eigenvalue weighted by molar-refractivity contribution is 0.0717. The van der Waals surface area contributed by atoms with Crippen LogP contribution < -0.4 is 5.73 Å². The number of esters is 1. The third kappa shape index (κ3) is 1.87. The number of hydrogen-bond donors (Lipinski definition) is 1. The molecular weight excluding hydrogens is 274 g/mol. The van der Waals surface area contributed by atoms with Crippen molar-refractivity contribution in [2.75, 3.05) is 5.73 Å². The van der Waals surface area contributed by atoms with Crippen molar-refractivity contribution >= 4 is 34.3 Å². The van der Waals surface area contributed by atoms with Crippen molar-refractivity contribution in [3.8, 4) is 0 Å². The molecule has 106 valence electrons. The van der Waals surface area contributed by atoms with Crippen molar-refractivity contribution in [3.63, 3.8) is 0 Å². The molecule has 3 aromatic carbocycles. The number of carbonyl (C=O) groups is 1. The minimum Gasteiger partial charge on any atom is -0.422 e. The number of benzene rings is 3. The molecule has 3 heteroatoms. The summed E-state index contributed by atoms with van der Waals surface area (Å²) in [5.74, 6) is 0.226. The third-order valence-corrected chi connectivity index (χ3v) is 3.91. The normalized spacial score (nSPS) is 15.1. The molecule has 0 saturated carbocycles. The minimum absolute atomic E-state index is 0.318. The van der Waals surface area contributed by atoms with Gasteiger partial charge < -0.3 is 10.5 Å². The Balaban J connectivity index is 1.88. The van der Waals surface area contributed by atoms with Crippen LogP contribution in [-0.4, -0.2) is 5.97 Å². The van der Waals surface area contributed by atoms with E-state index in [0.29, 0.717) is 17.0 Å². The Hall–Kier alpha value is -3.07. The van der Waals surface area contributed by atoms with E-state index in [9.17, 15) is 4.79 Å². The predicted octanol–water partition coefficient (Wildman–Crippen LogP) is 4.09. The second-order valence-electron chi connectivity index (χ2n) is 5.23. The van der Waals surface area contributed by atoms with Crippen LogP contribution in [-0.2, 0) is 4.74 Å². The Morgan fingerprint density at radius 3 is 2.45 bits per heavy atom. The molecule has 0 fully saturated rings. The maximum absolute atomic E-state index is 11.9. The van der Waals surface area contributed by atoms with Gasteiger partial charge in [0.15, 0.2) is 0 Å². The molecule has 22 heavy (non-hydrogen) atoms. The maximum atomic E-state index is 11.9. The SMILES string of the molecule is Nc1c(/C=C2/OC(=O)c3ccccc32)ccc2ccccc12. The van der Waals surface area contributed by atoms with Crippen molar-refractivity contribution in [1.29, 1.82) is 0 Å². The van der Waals surface area contributed by atoms with Crippen molar-refractivity contribution in [2.24, 2.45) is 0 Å². The summed E-state index contributed by atoms with van der Waals surface area (Å²) < 4.78 is 5.37. The van der Waals surface area contributed by atoms with E-state index in [1.54, 1.807) is 6.07 Å². The topological polar surface area (TPSA) is 52.3 Å². The second-order valence-corrected chi connectivity index (χ2v) is 5.23. The molecule has 3 nitrogen and oxygen atoms in total. The first-order chi connectivity index (χ1) is 10.7. The molecule has 0 unspecified atom stereocenters. The van der Waals surface area contributed by atoms with E-state index in [1.165, 1.54) is 0 Å². The van der Waals surface area contributed by atoms with Gasteiger partial charge >= 0.3 is 5.97 Å². The third-order valence-electron chi connectivity index (χ3n) is 3.91. The molecule has 0 saturated heterocycles.